The second kappa shape index (κ2) is 8.69. The Kier molecular flexibility index (Phi) is 5.85. The summed E-state index contributed by atoms with van der Waals surface area (Å²) in [5.41, 5.74) is 1.85. The number of hydrogen-bond acceptors (Lipinski definition) is 6. The number of nitriles is 1. The lowest BCUT2D eigenvalue weighted by Gasteiger charge is -2.34. The first-order valence-electron chi connectivity index (χ1n) is 9.32. The Hall–Kier alpha value is -2.80. The largest absolute Gasteiger partial charge is 0.339 e. The number of thiophene rings is 1. The van der Waals surface area contributed by atoms with Gasteiger partial charge in [0.1, 0.15) is 6.54 Å². The maximum atomic E-state index is 12.8. The van der Waals surface area contributed by atoms with E-state index in [1.165, 1.54) is 5.56 Å². The van der Waals surface area contributed by atoms with Crippen LogP contribution in [0.3, 0.4) is 0 Å². The van der Waals surface area contributed by atoms with Crippen LogP contribution in [0.1, 0.15) is 11.1 Å². The standard InChI is InChI=1S/C20H20N6OS2/c21-12-15-3-5-16(6-4-15)13-24-7-9-25(10-8-24)18(27)14-26-19(22-23-20(26)28)17-2-1-11-29-17/h1-6,11H,7-10,13-14H2,(H,23,28). The van der Waals surface area contributed by atoms with Crippen molar-refractivity contribution in [2.45, 2.75) is 13.1 Å². The second-order valence-corrected chi connectivity index (χ2v) is 8.22. The molecule has 1 aromatic carbocycles. The Morgan fingerprint density at radius 3 is 2.62 bits per heavy atom. The van der Waals surface area contributed by atoms with Crippen LogP contribution in [0.5, 0.6) is 0 Å². The number of piperazine rings is 1. The molecule has 0 spiro atoms. The number of nitrogens with one attached hydrogen (secondary N) is 1. The molecule has 0 unspecified atom stereocenters. The zero-order chi connectivity index (χ0) is 20.2. The smallest absolute Gasteiger partial charge is 0.242 e. The highest BCUT2D eigenvalue weighted by molar-refractivity contribution is 7.71. The third-order valence-electron chi connectivity index (χ3n) is 5.01. The van der Waals surface area contributed by atoms with Crippen molar-refractivity contribution in [1.82, 2.24) is 24.6 Å². The molecule has 9 heteroatoms. The van der Waals surface area contributed by atoms with Gasteiger partial charge < -0.3 is 4.90 Å². The van der Waals surface area contributed by atoms with Gasteiger partial charge in [-0.05, 0) is 41.4 Å². The van der Waals surface area contributed by atoms with E-state index in [2.05, 4.69) is 21.2 Å². The lowest BCUT2D eigenvalue weighted by Crippen LogP contribution is -2.49. The van der Waals surface area contributed by atoms with Gasteiger partial charge in [0.05, 0.1) is 16.5 Å². The summed E-state index contributed by atoms with van der Waals surface area (Å²) in [6.45, 7) is 4.03. The fourth-order valence-electron chi connectivity index (χ4n) is 3.39. The first-order chi connectivity index (χ1) is 14.1. The normalized spacial score (nSPS) is 14.7. The summed E-state index contributed by atoms with van der Waals surface area (Å²) in [6.07, 6.45) is 0. The molecule has 148 valence electrons. The van der Waals surface area contributed by atoms with Crippen LogP contribution in [0, 0.1) is 16.1 Å². The van der Waals surface area contributed by atoms with E-state index in [0.717, 1.165) is 24.5 Å². The van der Waals surface area contributed by atoms with Crippen LogP contribution in [0.4, 0.5) is 0 Å². The van der Waals surface area contributed by atoms with Crippen LogP contribution in [0.25, 0.3) is 10.7 Å². The van der Waals surface area contributed by atoms with E-state index in [0.29, 0.717) is 29.2 Å². The number of aromatic amines is 1. The van der Waals surface area contributed by atoms with Gasteiger partial charge in [-0.1, -0.05) is 18.2 Å². The number of benzene rings is 1. The van der Waals surface area contributed by atoms with Crippen LogP contribution in [0.15, 0.2) is 41.8 Å². The number of carbonyl (C=O) groups excluding carboxylic acids is 1. The molecule has 3 heterocycles. The molecule has 1 aliphatic rings. The molecule has 7 nitrogen and oxygen atoms in total. The van der Waals surface area contributed by atoms with E-state index in [1.807, 2.05) is 46.7 Å². The second-order valence-electron chi connectivity index (χ2n) is 6.88. The first kappa shape index (κ1) is 19.5. The molecule has 1 saturated heterocycles. The zero-order valence-electron chi connectivity index (χ0n) is 15.7. The average molecular weight is 425 g/mol. The molecule has 4 rings (SSSR count). The zero-order valence-corrected chi connectivity index (χ0v) is 17.4. The predicted molar refractivity (Wildman–Crippen MR) is 114 cm³/mol. The minimum atomic E-state index is 0.0540. The Morgan fingerprint density at radius 2 is 1.97 bits per heavy atom. The molecule has 0 saturated carbocycles. The van der Waals surface area contributed by atoms with Gasteiger partial charge in [0.2, 0.25) is 5.91 Å². The fraction of sp³-hybridized carbons (Fsp3) is 0.300. The Labute approximate surface area is 177 Å². The highest BCUT2D eigenvalue weighted by atomic mass is 32.1. The molecule has 29 heavy (non-hydrogen) atoms. The molecular weight excluding hydrogens is 404 g/mol. The van der Waals surface area contributed by atoms with Crippen LogP contribution < -0.4 is 0 Å². The summed E-state index contributed by atoms with van der Waals surface area (Å²) in [7, 11) is 0. The topological polar surface area (TPSA) is 80.9 Å². The molecule has 1 aliphatic heterocycles. The number of H-pyrrole nitrogens is 1. The van der Waals surface area contributed by atoms with E-state index in [1.54, 1.807) is 15.9 Å². The monoisotopic (exact) mass is 424 g/mol. The van der Waals surface area contributed by atoms with E-state index in [9.17, 15) is 4.79 Å². The maximum absolute atomic E-state index is 12.8. The van der Waals surface area contributed by atoms with Crippen molar-refractivity contribution < 1.29 is 4.79 Å². The molecule has 3 aromatic rings. The van der Waals surface area contributed by atoms with Gasteiger partial charge in [0.25, 0.3) is 0 Å². The highest BCUT2D eigenvalue weighted by Crippen LogP contribution is 2.23. The van der Waals surface area contributed by atoms with Crippen molar-refractivity contribution in [3.63, 3.8) is 0 Å². The third kappa shape index (κ3) is 4.45. The van der Waals surface area contributed by atoms with Gasteiger partial charge in [0, 0.05) is 32.7 Å². The van der Waals surface area contributed by atoms with Crippen molar-refractivity contribution in [2.24, 2.45) is 0 Å². The number of hydrogen-bond donors (Lipinski definition) is 1. The number of amides is 1. The van der Waals surface area contributed by atoms with Crippen molar-refractivity contribution >= 4 is 29.5 Å². The van der Waals surface area contributed by atoms with Gasteiger partial charge in [-0.2, -0.15) is 10.4 Å². The Balaban J connectivity index is 1.34. The summed E-state index contributed by atoms with van der Waals surface area (Å²) in [5.74, 6) is 0.760. The maximum Gasteiger partial charge on any atom is 0.242 e. The lowest BCUT2D eigenvalue weighted by molar-refractivity contribution is -0.133. The molecule has 1 amide bonds. The van der Waals surface area contributed by atoms with Crippen LogP contribution in [0.2, 0.25) is 0 Å². The lowest BCUT2D eigenvalue weighted by atomic mass is 10.1. The molecule has 0 atom stereocenters. The minimum absolute atomic E-state index is 0.0540. The Morgan fingerprint density at radius 1 is 1.21 bits per heavy atom. The van der Waals surface area contributed by atoms with E-state index in [4.69, 9.17) is 17.5 Å². The quantitative estimate of drug-likeness (QED) is 0.637. The molecular formula is C20H20N6OS2. The predicted octanol–water partition coefficient (Wildman–Crippen LogP) is 2.89. The summed E-state index contributed by atoms with van der Waals surface area (Å²) < 4.78 is 2.23. The average Bonchev–Trinajstić information content (AvgIpc) is 3.39. The number of carbonyl (C=O) groups is 1. The first-order valence-corrected chi connectivity index (χ1v) is 10.6. The van der Waals surface area contributed by atoms with E-state index in [-0.39, 0.29) is 12.5 Å². The minimum Gasteiger partial charge on any atom is -0.339 e. The van der Waals surface area contributed by atoms with Gasteiger partial charge in [-0.3, -0.25) is 19.4 Å². The summed E-state index contributed by atoms with van der Waals surface area (Å²) in [5, 5.41) is 18.0. The van der Waals surface area contributed by atoms with Crippen molar-refractivity contribution in [3.8, 4) is 16.8 Å². The molecule has 1 N–H and O–H groups in total. The molecule has 0 radical (unpaired) electrons. The summed E-state index contributed by atoms with van der Waals surface area (Å²) >= 11 is 6.90. The SMILES string of the molecule is N#Cc1ccc(CN2CCN(C(=O)Cn3c(-c4cccs4)n[nH]c3=S)CC2)cc1. The van der Waals surface area contributed by atoms with Crippen molar-refractivity contribution in [1.29, 1.82) is 5.26 Å². The highest BCUT2D eigenvalue weighted by Gasteiger charge is 2.23. The van der Waals surface area contributed by atoms with Gasteiger partial charge >= 0.3 is 0 Å². The molecule has 0 aliphatic carbocycles. The van der Waals surface area contributed by atoms with Gasteiger partial charge in [-0.25, -0.2) is 0 Å². The van der Waals surface area contributed by atoms with E-state index < -0.39 is 0 Å². The summed E-state index contributed by atoms with van der Waals surface area (Å²) in [4.78, 5) is 18.0. The summed E-state index contributed by atoms with van der Waals surface area (Å²) in [6, 6.07) is 13.7. The molecule has 2 aromatic heterocycles. The van der Waals surface area contributed by atoms with Gasteiger partial charge in [0.15, 0.2) is 10.6 Å². The third-order valence-corrected chi connectivity index (χ3v) is 6.18. The molecule has 0 bridgehead atoms. The number of aromatic nitrogens is 3. The van der Waals surface area contributed by atoms with Crippen LogP contribution in [-0.2, 0) is 17.9 Å². The van der Waals surface area contributed by atoms with Crippen LogP contribution in [-0.4, -0.2) is 56.7 Å². The van der Waals surface area contributed by atoms with Crippen molar-refractivity contribution in [2.75, 3.05) is 26.2 Å². The Bertz CT molecular complexity index is 1070. The van der Waals surface area contributed by atoms with E-state index >= 15 is 0 Å². The fourth-order valence-corrected chi connectivity index (χ4v) is 4.31. The van der Waals surface area contributed by atoms with Gasteiger partial charge in [-0.15, -0.1) is 11.3 Å². The number of rotatable bonds is 5. The molecule has 1 fully saturated rings. The van der Waals surface area contributed by atoms with Crippen molar-refractivity contribution in [3.05, 3.63) is 57.7 Å². The number of nitrogens with zero attached hydrogens (tertiary/aromatic N) is 5. The van der Waals surface area contributed by atoms with Crippen LogP contribution >= 0.6 is 23.6 Å².